The maximum atomic E-state index is 3.40. The quantitative estimate of drug-likeness (QED) is 0.449. The first-order chi connectivity index (χ1) is 5.29. The maximum Gasteiger partial charge on any atom is 3.00 e. The van der Waals surface area contributed by atoms with Crippen LogP contribution in [0.2, 0.25) is 0 Å². The average Bonchev–Trinajstić information content (AvgIpc) is 2.30. The fourth-order valence-corrected chi connectivity index (χ4v) is 1.70. The Bertz CT molecular complexity index is 321. The first kappa shape index (κ1) is 16.8. The summed E-state index contributed by atoms with van der Waals surface area (Å²) in [4.78, 5) is 0. The smallest absolute Gasteiger partial charge is 1.00 e. The second-order valence-electron chi connectivity index (χ2n) is 3.08. The minimum absolute atomic E-state index is 0. The van der Waals surface area contributed by atoms with Crippen molar-refractivity contribution in [1.82, 2.24) is 0 Å². The van der Waals surface area contributed by atoms with Crippen molar-refractivity contribution in [2.24, 2.45) is 0 Å². The molecule has 0 nitrogen and oxygen atoms in total. The molecule has 3 heteroatoms. The van der Waals surface area contributed by atoms with Gasteiger partial charge < -0.3 is 24.8 Å². The number of fused-ring (bicyclic) bond motifs is 1. The standard InChI is InChI=1S/C11H11.2ClH.Zr/c1-8-7-9(2)11-6-4-3-5-10(8)11;;;/h3-6,8H,1-2H3;2*1H;/q-1;;;+3/p-2. The predicted molar refractivity (Wildman–Crippen MR) is 47.2 cm³/mol. The van der Waals surface area contributed by atoms with Gasteiger partial charge in [0.1, 0.15) is 0 Å². The minimum atomic E-state index is 0. The first-order valence-electron chi connectivity index (χ1n) is 3.98. The fraction of sp³-hybridized carbons (Fsp3) is 0.273. The third-order valence-corrected chi connectivity index (χ3v) is 2.26. The Morgan fingerprint density at radius 2 is 1.71 bits per heavy atom. The van der Waals surface area contributed by atoms with Crippen LogP contribution in [-0.2, 0) is 26.2 Å². The van der Waals surface area contributed by atoms with E-state index in [0.29, 0.717) is 5.92 Å². The summed E-state index contributed by atoms with van der Waals surface area (Å²) in [7, 11) is 0. The summed E-state index contributed by atoms with van der Waals surface area (Å²) in [5.74, 6) is 0.492. The monoisotopic (exact) mass is 303 g/mol. The molecule has 73 valence electrons. The summed E-state index contributed by atoms with van der Waals surface area (Å²) in [6.45, 7) is 4.32. The van der Waals surface area contributed by atoms with Gasteiger partial charge in [0.25, 0.3) is 0 Å². The van der Waals surface area contributed by atoms with Crippen LogP contribution in [-0.4, -0.2) is 0 Å². The van der Waals surface area contributed by atoms with Crippen LogP contribution in [0.1, 0.15) is 30.9 Å². The van der Waals surface area contributed by atoms with Crippen LogP contribution in [0.15, 0.2) is 24.3 Å². The van der Waals surface area contributed by atoms with Crippen molar-refractivity contribution in [2.45, 2.75) is 19.8 Å². The van der Waals surface area contributed by atoms with Crippen molar-refractivity contribution in [1.29, 1.82) is 0 Å². The molecule has 0 heterocycles. The van der Waals surface area contributed by atoms with Crippen LogP contribution in [0.4, 0.5) is 0 Å². The molecule has 0 saturated carbocycles. The van der Waals surface area contributed by atoms with Crippen LogP contribution in [0.25, 0.3) is 5.57 Å². The van der Waals surface area contributed by atoms with Gasteiger partial charge in [0.05, 0.1) is 0 Å². The SMILES string of the molecule is CC1=[C-]C(C)c2ccccc21.[Cl-].[Cl-].[Zr+3]. The molecule has 1 aliphatic rings. The number of benzene rings is 1. The number of halogens is 2. The fourth-order valence-electron chi connectivity index (χ4n) is 1.70. The molecule has 2 rings (SSSR count). The van der Waals surface area contributed by atoms with E-state index in [0.717, 1.165) is 0 Å². The van der Waals surface area contributed by atoms with E-state index in [2.05, 4.69) is 44.2 Å². The van der Waals surface area contributed by atoms with Gasteiger partial charge in [-0.25, -0.2) is 5.57 Å². The molecule has 0 N–H and O–H groups in total. The molecule has 1 aliphatic carbocycles. The van der Waals surface area contributed by atoms with E-state index in [9.17, 15) is 0 Å². The third kappa shape index (κ3) is 2.95. The molecule has 1 atom stereocenters. The van der Waals surface area contributed by atoms with Crippen molar-refractivity contribution >= 4 is 5.57 Å². The van der Waals surface area contributed by atoms with E-state index < -0.39 is 0 Å². The normalized spacial score (nSPS) is 16.7. The number of rotatable bonds is 0. The van der Waals surface area contributed by atoms with Crippen LogP contribution >= 0.6 is 0 Å². The Kier molecular flexibility index (Phi) is 8.21. The van der Waals surface area contributed by atoms with Crippen molar-refractivity contribution < 1.29 is 51.0 Å². The molecule has 1 unspecified atom stereocenters. The Morgan fingerprint density at radius 3 is 2.29 bits per heavy atom. The zero-order valence-electron chi connectivity index (χ0n) is 8.14. The zero-order valence-corrected chi connectivity index (χ0v) is 12.1. The molecule has 0 amide bonds. The van der Waals surface area contributed by atoms with Crippen LogP contribution in [0.3, 0.4) is 0 Å². The Morgan fingerprint density at radius 1 is 1.14 bits per heavy atom. The summed E-state index contributed by atoms with van der Waals surface area (Å²) < 4.78 is 0. The van der Waals surface area contributed by atoms with E-state index in [1.165, 1.54) is 16.7 Å². The van der Waals surface area contributed by atoms with Gasteiger partial charge in [-0.05, 0) is 0 Å². The molecular formula is C11H11Cl2Zr. The van der Waals surface area contributed by atoms with Gasteiger partial charge >= 0.3 is 26.2 Å². The van der Waals surface area contributed by atoms with Gasteiger partial charge in [-0.15, -0.1) is 11.6 Å². The molecule has 1 radical (unpaired) electrons. The van der Waals surface area contributed by atoms with Crippen LogP contribution in [0, 0.1) is 6.08 Å². The largest absolute Gasteiger partial charge is 3.00 e. The molecule has 0 saturated heterocycles. The van der Waals surface area contributed by atoms with E-state index in [-0.39, 0.29) is 51.0 Å². The first-order valence-corrected chi connectivity index (χ1v) is 3.98. The summed E-state index contributed by atoms with van der Waals surface area (Å²) in [5, 5.41) is 0. The molecule has 0 bridgehead atoms. The van der Waals surface area contributed by atoms with E-state index in [4.69, 9.17) is 0 Å². The number of hydrogen-bond donors (Lipinski definition) is 0. The van der Waals surface area contributed by atoms with Gasteiger partial charge in [0.2, 0.25) is 0 Å². The number of hydrogen-bond acceptors (Lipinski definition) is 0. The molecule has 0 spiro atoms. The number of allylic oxidation sites excluding steroid dienone is 2. The molecular weight excluding hydrogens is 294 g/mol. The maximum absolute atomic E-state index is 3.40. The second-order valence-corrected chi connectivity index (χ2v) is 3.08. The molecule has 1 aromatic carbocycles. The molecule has 1 aromatic rings. The third-order valence-electron chi connectivity index (χ3n) is 2.26. The van der Waals surface area contributed by atoms with Crippen LogP contribution in [0.5, 0.6) is 0 Å². The van der Waals surface area contributed by atoms with Crippen molar-refractivity contribution in [3.05, 3.63) is 41.5 Å². The van der Waals surface area contributed by atoms with Crippen LogP contribution < -0.4 is 24.8 Å². The summed E-state index contributed by atoms with van der Waals surface area (Å²) in [6.07, 6.45) is 3.40. The molecule has 14 heavy (non-hydrogen) atoms. The van der Waals surface area contributed by atoms with Gasteiger partial charge in [0, 0.05) is 0 Å². The minimum Gasteiger partial charge on any atom is -1.00 e. The summed E-state index contributed by atoms with van der Waals surface area (Å²) in [5.41, 5.74) is 4.10. The van der Waals surface area contributed by atoms with Crippen molar-refractivity contribution in [3.63, 3.8) is 0 Å². The van der Waals surface area contributed by atoms with Gasteiger partial charge in [-0.2, -0.15) is 5.56 Å². The van der Waals surface area contributed by atoms with Crippen molar-refractivity contribution in [2.75, 3.05) is 0 Å². The van der Waals surface area contributed by atoms with Gasteiger partial charge in [-0.1, -0.05) is 38.0 Å². The molecule has 0 aromatic heterocycles. The van der Waals surface area contributed by atoms with Gasteiger partial charge in [0.15, 0.2) is 0 Å². The summed E-state index contributed by atoms with van der Waals surface area (Å²) in [6, 6.07) is 8.53. The van der Waals surface area contributed by atoms with E-state index >= 15 is 0 Å². The second kappa shape index (κ2) is 6.82. The molecule has 0 aliphatic heterocycles. The Hall–Kier alpha value is 0.423. The van der Waals surface area contributed by atoms with Crippen molar-refractivity contribution in [3.8, 4) is 0 Å². The Balaban J connectivity index is 0. The zero-order chi connectivity index (χ0) is 7.84. The summed E-state index contributed by atoms with van der Waals surface area (Å²) >= 11 is 0. The van der Waals surface area contributed by atoms with E-state index in [1.54, 1.807) is 0 Å². The van der Waals surface area contributed by atoms with Gasteiger partial charge in [-0.3, -0.25) is 6.08 Å². The van der Waals surface area contributed by atoms with E-state index in [1.807, 2.05) is 0 Å². The molecule has 0 fully saturated rings. The Labute approximate surface area is 117 Å². The predicted octanol–water partition coefficient (Wildman–Crippen LogP) is -2.98. The topological polar surface area (TPSA) is 0 Å². The average molecular weight is 305 g/mol.